The highest BCUT2D eigenvalue weighted by Gasteiger charge is 2.28. The summed E-state index contributed by atoms with van der Waals surface area (Å²) in [4.78, 5) is 15.0. The van der Waals surface area contributed by atoms with Crippen LogP contribution in [0.15, 0.2) is 29.4 Å². The maximum absolute atomic E-state index is 13.0. The van der Waals surface area contributed by atoms with E-state index in [4.69, 9.17) is 4.74 Å². The van der Waals surface area contributed by atoms with E-state index in [0.29, 0.717) is 6.04 Å². The fraction of sp³-hybridized carbons (Fsp3) is 0.609. The highest BCUT2D eigenvalue weighted by Crippen LogP contribution is 2.37. The van der Waals surface area contributed by atoms with E-state index in [-0.39, 0.29) is 11.2 Å². The molecule has 0 unspecified atom stereocenters. The largest absolute Gasteiger partial charge is 0.497 e. The van der Waals surface area contributed by atoms with Crippen LogP contribution in [0.4, 0.5) is 0 Å². The van der Waals surface area contributed by atoms with Gasteiger partial charge in [0.25, 0.3) is 0 Å². The highest BCUT2D eigenvalue weighted by molar-refractivity contribution is 8.00. The Hall–Kier alpha value is -2.02. The molecule has 1 saturated heterocycles. The number of thioether (sulfide) groups is 1. The molecule has 2 aromatic rings. The van der Waals surface area contributed by atoms with Gasteiger partial charge in [0.2, 0.25) is 5.91 Å². The van der Waals surface area contributed by atoms with Crippen LogP contribution in [-0.2, 0) is 4.79 Å². The van der Waals surface area contributed by atoms with Crippen molar-refractivity contribution >= 4 is 17.7 Å². The molecule has 4 rings (SSSR count). The van der Waals surface area contributed by atoms with E-state index in [9.17, 15) is 4.79 Å². The van der Waals surface area contributed by atoms with Gasteiger partial charge in [-0.25, -0.2) is 0 Å². The van der Waals surface area contributed by atoms with Gasteiger partial charge in [0.15, 0.2) is 11.0 Å². The molecule has 1 aromatic heterocycles. The third kappa shape index (κ3) is 4.66. The third-order valence-electron chi connectivity index (χ3n) is 6.25. The number of ether oxygens (including phenoxy) is 1. The lowest BCUT2D eigenvalue weighted by Gasteiger charge is -2.29. The van der Waals surface area contributed by atoms with Gasteiger partial charge in [-0.05, 0) is 63.3 Å². The zero-order chi connectivity index (χ0) is 20.9. The Balaban J connectivity index is 1.60. The molecule has 6 nitrogen and oxygen atoms in total. The van der Waals surface area contributed by atoms with Crippen molar-refractivity contribution in [1.82, 2.24) is 19.7 Å². The number of piperidine rings is 1. The molecule has 1 aromatic carbocycles. The summed E-state index contributed by atoms with van der Waals surface area (Å²) in [5.74, 6) is 1.95. The predicted octanol–water partition coefficient (Wildman–Crippen LogP) is 4.95. The number of hydrogen-bond donors (Lipinski definition) is 0. The lowest BCUT2D eigenvalue weighted by atomic mass is 9.95. The van der Waals surface area contributed by atoms with Crippen molar-refractivity contribution in [2.75, 3.05) is 20.2 Å². The summed E-state index contributed by atoms with van der Waals surface area (Å²) in [6, 6.07) is 8.40. The van der Waals surface area contributed by atoms with Crippen LogP contribution in [-0.4, -0.2) is 51.0 Å². The number of carbonyl (C=O) groups is 1. The molecule has 162 valence electrons. The minimum Gasteiger partial charge on any atom is -0.497 e. The average molecular weight is 429 g/mol. The second kappa shape index (κ2) is 9.86. The summed E-state index contributed by atoms with van der Waals surface area (Å²) in [5, 5.41) is 9.83. The molecule has 30 heavy (non-hydrogen) atoms. The monoisotopic (exact) mass is 428 g/mol. The molecule has 1 aliphatic heterocycles. The van der Waals surface area contributed by atoms with Gasteiger partial charge in [-0.1, -0.05) is 31.0 Å². The Labute approximate surface area is 183 Å². The molecule has 2 fully saturated rings. The number of aromatic nitrogens is 3. The Morgan fingerprint density at radius 1 is 1.03 bits per heavy atom. The maximum Gasteiger partial charge on any atom is 0.235 e. The van der Waals surface area contributed by atoms with E-state index in [0.717, 1.165) is 61.1 Å². The van der Waals surface area contributed by atoms with Crippen LogP contribution < -0.4 is 4.74 Å². The molecule has 0 bridgehead atoms. The standard InChI is InChI=1S/C23H32N4O2S/c1-17(22(28)26-15-7-4-8-16-26)30-23-25-24-21(18-11-13-20(29-2)14-12-18)27(23)19-9-5-3-6-10-19/h11-14,17,19H,3-10,15-16H2,1-2H3/t17-/m1/s1. The van der Waals surface area contributed by atoms with E-state index >= 15 is 0 Å². The zero-order valence-electron chi connectivity index (χ0n) is 18.0. The van der Waals surface area contributed by atoms with Crippen LogP contribution >= 0.6 is 11.8 Å². The van der Waals surface area contributed by atoms with Crippen molar-refractivity contribution in [3.63, 3.8) is 0 Å². The molecule has 1 amide bonds. The first-order valence-electron chi connectivity index (χ1n) is 11.2. The number of nitrogens with zero attached hydrogens (tertiary/aromatic N) is 4. The molecule has 0 N–H and O–H groups in total. The van der Waals surface area contributed by atoms with Crippen LogP contribution in [0, 0.1) is 0 Å². The van der Waals surface area contributed by atoms with E-state index in [1.165, 1.54) is 25.7 Å². The number of amides is 1. The van der Waals surface area contributed by atoms with E-state index in [1.54, 1.807) is 18.9 Å². The summed E-state index contributed by atoms with van der Waals surface area (Å²) in [6.45, 7) is 3.78. The van der Waals surface area contributed by atoms with Crippen molar-refractivity contribution in [3.8, 4) is 17.1 Å². The lowest BCUT2D eigenvalue weighted by Crippen LogP contribution is -2.40. The number of rotatable bonds is 6. The first-order chi connectivity index (χ1) is 14.7. The number of benzene rings is 1. The van der Waals surface area contributed by atoms with Gasteiger partial charge in [-0.3, -0.25) is 9.36 Å². The highest BCUT2D eigenvalue weighted by atomic mass is 32.2. The summed E-state index contributed by atoms with van der Waals surface area (Å²) in [7, 11) is 1.68. The first kappa shape index (κ1) is 21.2. The summed E-state index contributed by atoms with van der Waals surface area (Å²) in [5.41, 5.74) is 1.04. The predicted molar refractivity (Wildman–Crippen MR) is 120 cm³/mol. The van der Waals surface area contributed by atoms with E-state index in [2.05, 4.69) is 14.8 Å². The number of hydrogen-bond acceptors (Lipinski definition) is 5. The van der Waals surface area contributed by atoms with Crippen LogP contribution in [0.5, 0.6) is 5.75 Å². The summed E-state index contributed by atoms with van der Waals surface area (Å²) < 4.78 is 7.60. The van der Waals surface area contributed by atoms with Gasteiger partial charge < -0.3 is 9.64 Å². The van der Waals surface area contributed by atoms with Crippen molar-refractivity contribution < 1.29 is 9.53 Å². The third-order valence-corrected chi connectivity index (χ3v) is 7.29. The molecule has 2 aliphatic rings. The minimum absolute atomic E-state index is 0.154. The molecular formula is C23H32N4O2S. The van der Waals surface area contributed by atoms with Crippen molar-refractivity contribution in [3.05, 3.63) is 24.3 Å². The molecule has 1 aliphatic carbocycles. The van der Waals surface area contributed by atoms with Gasteiger partial charge in [-0.15, -0.1) is 10.2 Å². The van der Waals surface area contributed by atoms with Crippen molar-refractivity contribution in [2.24, 2.45) is 0 Å². The number of methoxy groups -OCH3 is 1. The van der Waals surface area contributed by atoms with E-state index in [1.807, 2.05) is 36.1 Å². The van der Waals surface area contributed by atoms with Gasteiger partial charge in [0.05, 0.1) is 12.4 Å². The second-order valence-electron chi connectivity index (χ2n) is 8.34. The molecular weight excluding hydrogens is 396 g/mol. The summed E-state index contributed by atoms with van der Waals surface area (Å²) in [6.07, 6.45) is 9.50. The maximum atomic E-state index is 13.0. The Kier molecular flexibility index (Phi) is 6.97. The normalized spacial score (nSPS) is 18.9. The Morgan fingerprint density at radius 3 is 2.37 bits per heavy atom. The average Bonchev–Trinajstić information content (AvgIpc) is 3.23. The van der Waals surface area contributed by atoms with Crippen molar-refractivity contribution in [1.29, 1.82) is 0 Å². The number of likely N-dealkylation sites (tertiary alicyclic amines) is 1. The van der Waals surface area contributed by atoms with Gasteiger partial charge in [0, 0.05) is 24.7 Å². The SMILES string of the molecule is COc1ccc(-c2nnc(S[C@H](C)C(=O)N3CCCCC3)n2C2CCCCC2)cc1. The van der Waals surface area contributed by atoms with Gasteiger partial charge >= 0.3 is 0 Å². The number of carbonyl (C=O) groups excluding carboxylic acids is 1. The fourth-order valence-corrected chi connectivity index (χ4v) is 5.55. The topological polar surface area (TPSA) is 60.3 Å². The Morgan fingerprint density at radius 2 is 1.70 bits per heavy atom. The molecule has 1 saturated carbocycles. The van der Waals surface area contributed by atoms with Crippen LogP contribution in [0.1, 0.15) is 64.3 Å². The molecule has 0 spiro atoms. The second-order valence-corrected chi connectivity index (χ2v) is 9.65. The quantitative estimate of drug-likeness (QED) is 0.609. The Bertz CT molecular complexity index is 839. The smallest absolute Gasteiger partial charge is 0.235 e. The molecule has 2 heterocycles. The van der Waals surface area contributed by atoms with Crippen LogP contribution in [0.25, 0.3) is 11.4 Å². The fourth-order valence-electron chi connectivity index (χ4n) is 4.54. The molecule has 7 heteroatoms. The van der Waals surface area contributed by atoms with E-state index < -0.39 is 0 Å². The minimum atomic E-state index is -0.154. The molecule has 0 radical (unpaired) electrons. The van der Waals surface area contributed by atoms with Crippen LogP contribution in [0.3, 0.4) is 0 Å². The lowest BCUT2D eigenvalue weighted by molar-refractivity contribution is -0.131. The summed E-state index contributed by atoms with van der Waals surface area (Å²) >= 11 is 1.56. The van der Waals surface area contributed by atoms with Crippen LogP contribution in [0.2, 0.25) is 0 Å². The van der Waals surface area contributed by atoms with Gasteiger partial charge in [0.1, 0.15) is 5.75 Å². The van der Waals surface area contributed by atoms with Crippen molar-refractivity contribution in [2.45, 2.75) is 74.7 Å². The van der Waals surface area contributed by atoms with Gasteiger partial charge in [-0.2, -0.15) is 0 Å². The zero-order valence-corrected chi connectivity index (χ0v) is 18.9. The molecule has 1 atom stereocenters. The first-order valence-corrected chi connectivity index (χ1v) is 12.1.